The molecule has 19 heavy (non-hydrogen) atoms. The molecule has 0 radical (unpaired) electrons. The molecule has 1 fully saturated rings. The largest absolute Gasteiger partial charge is 0.361 e. The lowest BCUT2D eigenvalue weighted by Crippen LogP contribution is -2.44. The molecule has 1 atom stereocenters. The van der Waals surface area contributed by atoms with Crippen LogP contribution in [0.1, 0.15) is 18.5 Å². The SMILES string of the molecule is C[C@@H](c1c[nH]c2ccccc12)N1CCNCC1.Cl.Cl. The molecule has 0 saturated carbocycles. The zero-order valence-corrected chi connectivity index (χ0v) is 12.7. The highest BCUT2D eigenvalue weighted by atomic mass is 35.5. The molecule has 106 valence electrons. The van der Waals surface area contributed by atoms with Gasteiger partial charge >= 0.3 is 0 Å². The molecule has 1 aliphatic rings. The van der Waals surface area contributed by atoms with Crippen molar-refractivity contribution in [2.75, 3.05) is 26.2 Å². The van der Waals surface area contributed by atoms with Gasteiger partial charge < -0.3 is 10.3 Å². The Bertz CT molecular complexity index is 506. The summed E-state index contributed by atoms with van der Waals surface area (Å²) in [5.74, 6) is 0. The van der Waals surface area contributed by atoms with Crippen molar-refractivity contribution in [3.05, 3.63) is 36.0 Å². The summed E-state index contributed by atoms with van der Waals surface area (Å²) >= 11 is 0. The Labute approximate surface area is 126 Å². The Morgan fingerprint density at radius 1 is 1.11 bits per heavy atom. The van der Waals surface area contributed by atoms with E-state index in [4.69, 9.17) is 0 Å². The summed E-state index contributed by atoms with van der Waals surface area (Å²) in [5.41, 5.74) is 2.66. The van der Waals surface area contributed by atoms with E-state index in [-0.39, 0.29) is 24.8 Å². The summed E-state index contributed by atoms with van der Waals surface area (Å²) < 4.78 is 0. The third-order valence-corrected chi connectivity index (χ3v) is 3.77. The van der Waals surface area contributed by atoms with E-state index >= 15 is 0 Å². The van der Waals surface area contributed by atoms with Gasteiger partial charge in [0.2, 0.25) is 0 Å². The number of hydrogen-bond acceptors (Lipinski definition) is 2. The van der Waals surface area contributed by atoms with Crippen molar-refractivity contribution in [2.45, 2.75) is 13.0 Å². The van der Waals surface area contributed by atoms with E-state index in [1.54, 1.807) is 0 Å². The minimum absolute atomic E-state index is 0. The summed E-state index contributed by atoms with van der Waals surface area (Å²) in [7, 11) is 0. The first kappa shape index (κ1) is 16.3. The molecule has 1 aromatic carbocycles. The number of aromatic nitrogens is 1. The van der Waals surface area contributed by atoms with Crippen LogP contribution in [0.3, 0.4) is 0 Å². The first-order chi connectivity index (χ1) is 8.36. The van der Waals surface area contributed by atoms with Gasteiger partial charge in [-0.2, -0.15) is 0 Å². The van der Waals surface area contributed by atoms with Crippen LogP contribution in [0.25, 0.3) is 10.9 Å². The van der Waals surface area contributed by atoms with Crippen LogP contribution in [0.2, 0.25) is 0 Å². The third-order valence-electron chi connectivity index (χ3n) is 3.77. The van der Waals surface area contributed by atoms with Crippen LogP contribution in [0, 0.1) is 0 Å². The zero-order chi connectivity index (χ0) is 11.7. The van der Waals surface area contributed by atoms with E-state index in [1.165, 1.54) is 16.5 Å². The van der Waals surface area contributed by atoms with E-state index in [9.17, 15) is 0 Å². The molecule has 3 rings (SSSR count). The van der Waals surface area contributed by atoms with Crippen molar-refractivity contribution in [1.29, 1.82) is 0 Å². The number of hydrogen-bond donors (Lipinski definition) is 2. The molecular formula is C14H21Cl2N3. The molecule has 3 nitrogen and oxygen atoms in total. The van der Waals surface area contributed by atoms with Crippen LogP contribution in [-0.2, 0) is 0 Å². The van der Waals surface area contributed by atoms with E-state index in [0.717, 1.165) is 26.2 Å². The first-order valence-electron chi connectivity index (χ1n) is 6.37. The summed E-state index contributed by atoms with van der Waals surface area (Å²) in [4.78, 5) is 5.91. The second-order valence-corrected chi connectivity index (χ2v) is 4.75. The summed E-state index contributed by atoms with van der Waals surface area (Å²) in [5, 5.41) is 4.76. The second kappa shape index (κ2) is 7.15. The number of H-pyrrole nitrogens is 1. The Hall–Kier alpha value is -0.740. The number of nitrogens with one attached hydrogen (secondary N) is 2. The number of benzene rings is 1. The van der Waals surface area contributed by atoms with Gasteiger partial charge in [-0.25, -0.2) is 0 Å². The highest BCUT2D eigenvalue weighted by molar-refractivity contribution is 5.85. The fourth-order valence-corrected chi connectivity index (χ4v) is 2.71. The number of nitrogens with zero attached hydrogens (tertiary/aromatic N) is 1. The molecule has 0 spiro atoms. The molecule has 1 saturated heterocycles. The number of fused-ring (bicyclic) bond motifs is 1. The molecule has 0 aliphatic carbocycles. The predicted octanol–water partition coefficient (Wildman–Crippen LogP) is 2.98. The number of para-hydroxylation sites is 1. The van der Waals surface area contributed by atoms with Crippen molar-refractivity contribution in [1.82, 2.24) is 15.2 Å². The Balaban J connectivity index is 0.000000902. The van der Waals surface area contributed by atoms with E-state index < -0.39 is 0 Å². The molecule has 2 N–H and O–H groups in total. The molecule has 0 bridgehead atoms. The van der Waals surface area contributed by atoms with Gasteiger partial charge in [-0.15, -0.1) is 24.8 Å². The number of halogens is 2. The second-order valence-electron chi connectivity index (χ2n) is 4.75. The van der Waals surface area contributed by atoms with Crippen LogP contribution in [0.4, 0.5) is 0 Å². The monoisotopic (exact) mass is 301 g/mol. The van der Waals surface area contributed by atoms with Crippen LogP contribution in [0.5, 0.6) is 0 Å². The highest BCUT2D eigenvalue weighted by Crippen LogP contribution is 2.27. The first-order valence-corrected chi connectivity index (χ1v) is 6.37. The predicted molar refractivity (Wildman–Crippen MR) is 85.7 cm³/mol. The van der Waals surface area contributed by atoms with Crippen LogP contribution in [0.15, 0.2) is 30.5 Å². The van der Waals surface area contributed by atoms with Gasteiger partial charge in [0.05, 0.1) is 0 Å². The minimum Gasteiger partial charge on any atom is -0.361 e. The van der Waals surface area contributed by atoms with E-state index in [2.05, 4.69) is 52.6 Å². The fourth-order valence-electron chi connectivity index (χ4n) is 2.71. The average Bonchev–Trinajstić information content (AvgIpc) is 2.83. The van der Waals surface area contributed by atoms with Gasteiger partial charge in [0.15, 0.2) is 0 Å². The fraction of sp³-hybridized carbons (Fsp3) is 0.429. The summed E-state index contributed by atoms with van der Waals surface area (Å²) in [6.07, 6.45) is 2.16. The molecule has 2 aromatic rings. The third kappa shape index (κ3) is 3.23. The molecule has 0 unspecified atom stereocenters. The molecule has 0 amide bonds. The molecule has 1 aliphatic heterocycles. The Morgan fingerprint density at radius 2 is 1.79 bits per heavy atom. The number of rotatable bonds is 2. The molecule has 2 heterocycles. The van der Waals surface area contributed by atoms with E-state index in [0.29, 0.717) is 6.04 Å². The van der Waals surface area contributed by atoms with Gasteiger partial charge in [-0.05, 0) is 18.6 Å². The smallest absolute Gasteiger partial charge is 0.0457 e. The van der Waals surface area contributed by atoms with Crippen molar-refractivity contribution in [3.8, 4) is 0 Å². The van der Waals surface area contributed by atoms with Crippen molar-refractivity contribution in [3.63, 3.8) is 0 Å². The van der Waals surface area contributed by atoms with Gasteiger partial charge in [0.1, 0.15) is 0 Å². The maximum Gasteiger partial charge on any atom is 0.0457 e. The van der Waals surface area contributed by atoms with Gasteiger partial charge in [0, 0.05) is 49.3 Å². The normalized spacial score (nSPS) is 17.5. The van der Waals surface area contributed by atoms with Crippen molar-refractivity contribution < 1.29 is 0 Å². The lowest BCUT2D eigenvalue weighted by molar-refractivity contribution is 0.186. The van der Waals surface area contributed by atoms with Crippen LogP contribution >= 0.6 is 24.8 Å². The van der Waals surface area contributed by atoms with Gasteiger partial charge in [0.25, 0.3) is 0 Å². The van der Waals surface area contributed by atoms with Crippen molar-refractivity contribution in [2.24, 2.45) is 0 Å². The number of piperazine rings is 1. The maximum atomic E-state index is 3.40. The van der Waals surface area contributed by atoms with Gasteiger partial charge in [-0.1, -0.05) is 18.2 Å². The lowest BCUT2D eigenvalue weighted by atomic mass is 10.1. The Morgan fingerprint density at radius 3 is 2.53 bits per heavy atom. The van der Waals surface area contributed by atoms with Crippen molar-refractivity contribution >= 4 is 35.7 Å². The topological polar surface area (TPSA) is 31.1 Å². The van der Waals surface area contributed by atoms with Gasteiger partial charge in [-0.3, -0.25) is 4.90 Å². The minimum atomic E-state index is 0. The standard InChI is InChI=1S/C14H19N3.2ClH/c1-11(17-8-6-15-7-9-17)13-10-16-14-5-3-2-4-12(13)14;;/h2-5,10-11,15-16H,6-9H2,1H3;2*1H/t11-;;/m0../s1. The van der Waals surface area contributed by atoms with E-state index in [1.807, 2.05) is 0 Å². The highest BCUT2D eigenvalue weighted by Gasteiger charge is 2.19. The quantitative estimate of drug-likeness (QED) is 0.893. The average molecular weight is 302 g/mol. The molecule has 1 aromatic heterocycles. The Kier molecular flexibility index (Phi) is 6.14. The van der Waals surface area contributed by atoms with Crippen LogP contribution < -0.4 is 5.32 Å². The number of aromatic amines is 1. The summed E-state index contributed by atoms with van der Waals surface area (Å²) in [6.45, 7) is 6.79. The zero-order valence-electron chi connectivity index (χ0n) is 11.1. The maximum absolute atomic E-state index is 3.40. The lowest BCUT2D eigenvalue weighted by Gasteiger charge is -2.32. The summed E-state index contributed by atoms with van der Waals surface area (Å²) in [6, 6.07) is 9.04. The molecule has 5 heteroatoms. The molecular weight excluding hydrogens is 281 g/mol. The van der Waals surface area contributed by atoms with Crippen LogP contribution in [-0.4, -0.2) is 36.1 Å².